The number of Topliss-reactive ketones (excluding diaryl/α,β-unsaturated/α-hetero) is 1. The highest BCUT2D eigenvalue weighted by Crippen LogP contribution is 2.38. The molecule has 0 amide bonds. The Morgan fingerprint density at radius 1 is 1.21 bits per heavy atom. The van der Waals surface area contributed by atoms with Crippen LogP contribution in [0, 0.1) is 11.3 Å². The van der Waals surface area contributed by atoms with Crippen LogP contribution < -0.4 is 0 Å². The van der Waals surface area contributed by atoms with Crippen molar-refractivity contribution in [1.29, 1.82) is 0 Å². The Balaban J connectivity index is 1.97. The molecule has 1 aromatic rings. The van der Waals surface area contributed by atoms with E-state index in [4.69, 9.17) is 14.2 Å². The lowest BCUT2D eigenvalue weighted by atomic mass is 9.82. The normalized spacial score (nSPS) is 22.7. The summed E-state index contributed by atoms with van der Waals surface area (Å²) in [6, 6.07) is 10.0. The van der Waals surface area contributed by atoms with E-state index < -0.39 is 17.7 Å². The average Bonchev–Trinajstić information content (AvgIpc) is 2.66. The van der Waals surface area contributed by atoms with Gasteiger partial charge in [0.1, 0.15) is 11.7 Å². The summed E-state index contributed by atoms with van der Waals surface area (Å²) in [6.45, 7) is 10.5. The van der Waals surface area contributed by atoms with Crippen molar-refractivity contribution in [1.82, 2.24) is 0 Å². The zero-order valence-corrected chi connectivity index (χ0v) is 18.4. The van der Waals surface area contributed by atoms with Gasteiger partial charge in [-0.2, -0.15) is 0 Å². The number of esters is 1. The van der Waals surface area contributed by atoms with Crippen LogP contribution in [0.4, 0.5) is 0 Å². The van der Waals surface area contributed by atoms with Crippen LogP contribution >= 0.6 is 0 Å². The van der Waals surface area contributed by atoms with Gasteiger partial charge < -0.3 is 18.9 Å². The molecule has 29 heavy (non-hydrogen) atoms. The highest BCUT2D eigenvalue weighted by Gasteiger charge is 2.43. The summed E-state index contributed by atoms with van der Waals surface area (Å²) in [5.74, 6) is -2.32. The van der Waals surface area contributed by atoms with Gasteiger partial charge in [-0.3, -0.25) is 9.59 Å². The van der Waals surface area contributed by atoms with E-state index in [1.165, 1.54) is 7.11 Å². The SMILES string of the molecule is COC(=O)C(C)C(=O)C[C@H]1C[C@H](C(C)(C)COCc2ccccc2)OC(C)(C)O1. The van der Waals surface area contributed by atoms with Crippen LogP contribution in [0.15, 0.2) is 30.3 Å². The largest absolute Gasteiger partial charge is 0.468 e. The van der Waals surface area contributed by atoms with Gasteiger partial charge in [0.25, 0.3) is 0 Å². The molecule has 0 bridgehead atoms. The zero-order chi connectivity index (χ0) is 21.7. The smallest absolute Gasteiger partial charge is 0.315 e. The van der Waals surface area contributed by atoms with Gasteiger partial charge in [-0.25, -0.2) is 0 Å². The van der Waals surface area contributed by atoms with E-state index in [0.717, 1.165) is 5.56 Å². The molecule has 3 atom stereocenters. The van der Waals surface area contributed by atoms with Gasteiger partial charge in [-0.1, -0.05) is 44.2 Å². The van der Waals surface area contributed by atoms with Crippen LogP contribution in [0.25, 0.3) is 0 Å². The first-order valence-electron chi connectivity index (χ1n) is 10.1. The molecule has 0 aliphatic carbocycles. The lowest BCUT2D eigenvalue weighted by Gasteiger charge is -2.46. The number of benzene rings is 1. The second kappa shape index (κ2) is 9.83. The van der Waals surface area contributed by atoms with Crippen LogP contribution in [0.5, 0.6) is 0 Å². The third-order valence-electron chi connectivity index (χ3n) is 5.28. The van der Waals surface area contributed by atoms with Gasteiger partial charge in [-0.05, 0) is 26.3 Å². The Bertz CT molecular complexity index is 682. The Hall–Kier alpha value is -1.76. The molecule has 6 heteroatoms. The van der Waals surface area contributed by atoms with Crippen LogP contribution in [-0.4, -0.2) is 43.5 Å². The van der Waals surface area contributed by atoms with Crippen molar-refractivity contribution in [2.24, 2.45) is 11.3 Å². The molecule has 1 aliphatic rings. The van der Waals surface area contributed by atoms with E-state index in [0.29, 0.717) is 19.6 Å². The van der Waals surface area contributed by atoms with Crippen LogP contribution in [0.3, 0.4) is 0 Å². The molecule has 1 aliphatic heterocycles. The standard InChI is InChI=1S/C23H34O6/c1-16(21(25)26-6)19(24)12-18-13-20(29-23(4,5)28-18)22(2,3)15-27-14-17-10-8-7-9-11-17/h7-11,16,18,20H,12-15H2,1-6H3/t16?,18-,20+/m0/s1. The van der Waals surface area contributed by atoms with Crippen LogP contribution in [0.2, 0.25) is 0 Å². The number of hydrogen-bond donors (Lipinski definition) is 0. The van der Waals surface area contributed by atoms with Gasteiger partial charge in [0.15, 0.2) is 5.79 Å². The molecule has 2 rings (SSSR count). The van der Waals surface area contributed by atoms with Gasteiger partial charge in [-0.15, -0.1) is 0 Å². The highest BCUT2D eigenvalue weighted by atomic mass is 16.7. The summed E-state index contributed by atoms with van der Waals surface area (Å²) in [5, 5.41) is 0. The monoisotopic (exact) mass is 406 g/mol. The molecule has 1 aromatic carbocycles. The summed E-state index contributed by atoms with van der Waals surface area (Å²) in [5.41, 5.74) is 0.849. The molecular formula is C23H34O6. The molecular weight excluding hydrogens is 372 g/mol. The predicted octanol–water partition coefficient (Wildman–Crippen LogP) is 3.91. The molecule has 0 N–H and O–H groups in total. The van der Waals surface area contributed by atoms with Crippen molar-refractivity contribution in [2.75, 3.05) is 13.7 Å². The molecule has 1 fully saturated rings. The first kappa shape index (κ1) is 23.5. The maximum atomic E-state index is 12.5. The topological polar surface area (TPSA) is 71.1 Å². The van der Waals surface area contributed by atoms with Crippen molar-refractivity contribution in [3.05, 3.63) is 35.9 Å². The quantitative estimate of drug-likeness (QED) is 0.457. The minimum atomic E-state index is -0.820. The molecule has 1 heterocycles. The Morgan fingerprint density at radius 2 is 1.86 bits per heavy atom. The first-order chi connectivity index (χ1) is 13.5. The summed E-state index contributed by atoms with van der Waals surface area (Å²) >= 11 is 0. The second-order valence-corrected chi connectivity index (χ2v) is 8.86. The number of hydrogen-bond acceptors (Lipinski definition) is 6. The molecule has 0 saturated carbocycles. The third kappa shape index (κ3) is 6.91. The van der Waals surface area contributed by atoms with E-state index in [2.05, 4.69) is 18.6 Å². The number of ketones is 1. The molecule has 1 saturated heterocycles. The summed E-state index contributed by atoms with van der Waals surface area (Å²) in [6.07, 6.45) is 0.246. The van der Waals surface area contributed by atoms with Crippen molar-refractivity contribution < 1.29 is 28.5 Å². The number of rotatable bonds is 9. The molecule has 0 aromatic heterocycles. The predicted molar refractivity (Wildman–Crippen MR) is 109 cm³/mol. The van der Waals surface area contributed by atoms with Gasteiger partial charge in [0, 0.05) is 18.3 Å². The third-order valence-corrected chi connectivity index (χ3v) is 5.28. The lowest BCUT2D eigenvalue weighted by molar-refractivity contribution is -0.318. The van der Waals surface area contributed by atoms with E-state index >= 15 is 0 Å². The number of carbonyl (C=O) groups is 2. The average molecular weight is 407 g/mol. The molecule has 1 unspecified atom stereocenters. The lowest BCUT2D eigenvalue weighted by Crippen LogP contribution is -2.51. The highest BCUT2D eigenvalue weighted by molar-refractivity contribution is 5.98. The maximum Gasteiger partial charge on any atom is 0.315 e. The van der Waals surface area contributed by atoms with E-state index in [9.17, 15) is 9.59 Å². The minimum Gasteiger partial charge on any atom is -0.468 e. The summed E-state index contributed by atoms with van der Waals surface area (Å²) in [4.78, 5) is 24.1. The Labute approximate surface area is 173 Å². The van der Waals surface area contributed by atoms with Crippen molar-refractivity contribution in [3.63, 3.8) is 0 Å². The van der Waals surface area contributed by atoms with Crippen molar-refractivity contribution in [2.45, 2.75) is 72.1 Å². The van der Waals surface area contributed by atoms with Crippen molar-refractivity contribution in [3.8, 4) is 0 Å². The number of ether oxygens (including phenoxy) is 4. The number of carbonyl (C=O) groups excluding carboxylic acids is 2. The maximum absolute atomic E-state index is 12.5. The van der Waals surface area contributed by atoms with Crippen LogP contribution in [-0.2, 0) is 35.1 Å². The second-order valence-electron chi connectivity index (χ2n) is 8.86. The Morgan fingerprint density at radius 3 is 2.48 bits per heavy atom. The fraction of sp³-hybridized carbons (Fsp3) is 0.652. The summed E-state index contributed by atoms with van der Waals surface area (Å²) < 4.78 is 22.8. The zero-order valence-electron chi connectivity index (χ0n) is 18.4. The summed E-state index contributed by atoms with van der Waals surface area (Å²) in [7, 11) is 1.29. The number of methoxy groups -OCH3 is 1. The van der Waals surface area contributed by atoms with Crippen LogP contribution in [0.1, 0.15) is 53.0 Å². The van der Waals surface area contributed by atoms with E-state index in [1.807, 2.05) is 44.2 Å². The van der Waals surface area contributed by atoms with Gasteiger partial charge in [0.05, 0.1) is 32.5 Å². The first-order valence-corrected chi connectivity index (χ1v) is 10.1. The van der Waals surface area contributed by atoms with E-state index in [1.54, 1.807) is 6.92 Å². The Kier molecular flexibility index (Phi) is 7.97. The fourth-order valence-electron chi connectivity index (χ4n) is 3.52. The molecule has 0 radical (unpaired) electrons. The van der Waals surface area contributed by atoms with Gasteiger partial charge in [0.2, 0.25) is 0 Å². The molecule has 162 valence electrons. The minimum absolute atomic E-state index is 0.145. The fourth-order valence-corrected chi connectivity index (χ4v) is 3.52. The van der Waals surface area contributed by atoms with Gasteiger partial charge >= 0.3 is 5.97 Å². The van der Waals surface area contributed by atoms with E-state index in [-0.39, 0.29) is 29.8 Å². The van der Waals surface area contributed by atoms with Crippen molar-refractivity contribution >= 4 is 11.8 Å². The molecule has 0 spiro atoms. The molecule has 6 nitrogen and oxygen atoms in total.